The minimum atomic E-state index is -0.428. The SMILES string of the molecule is NC(=O)c1ccccc1CN1CC2COCCN2c2nc(Cl)ncc21. The lowest BCUT2D eigenvalue weighted by Gasteiger charge is -2.45. The lowest BCUT2D eigenvalue weighted by molar-refractivity contribution is 0.0935. The molecule has 1 aromatic carbocycles. The molecule has 0 aliphatic carbocycles. The van der Waals surface area contributed by atoms with E-state index in [1.165, 1.54) is 0 Å². The van der Waals surface area contributed by atoms with E-state index in [1.54, 1.807) is 12.3 Å². The summed E-state index contributed by atoms with van der Waals surface area (Å²) < 4.78 is 5.63. The van der Waals surface area contributed by atoms with E-state index in [4.69, 9.17) is 22.1 Å². The van der Waals surface area contributed by atoms with Crippen molar-refractivity contribution in [2.24, 2.45) is 5.73 Å². The monoisotopic (exact) mass is 359 g/mol. The highest BCUT2D eigenvalue weighted by Gasteiger charge is 2.34. The van der Waals surface area contributed by atoms with E-state index in [2.05, 4.69) is 19.8 Å². The minimum Gasteiger partial charge on any atom is -0.377 e. The fraction of sp³-hybridized carbons (Fsp3) is 0.353. The van der Waals surface area contributed by atoms with Crippen molar-refractivity contribution in [3.63, 3.8) is 0 Å². The fourth-order valence-corrected chi connectivity index (χ4v) is 3.60. The molecule has 1 amide bonds. The van der Waals surface area contributed by atoms with Crippen LogP contribution in [-0.4, -0.2) is 48.2 Å². The summed E-state index contributed by atoms with van der Waals surface area (Å²) in [4.78, 5) is 24.7. The van der Waals surface area contributed by atoms with Gasteiger partial charge in [-0.05, 0) is 23.2 Å². The van der Waals surface area contributed by atoms with Crippen molar-refractivity contribution >= 4 is 29.0 Å². The molecule has 1 aromatic heterocycles. The maximum atomic E-state index is 11.7. The molecular weight excluding hydrogens is 342 g/mol. The van der Waals surface area contributed by atoms with Gasteiger partial charge in [-0.2, -0.15) is 4.98 Å². The highest BCUT2D eigenvalue weighted by molar-refractivity contribution is 6.28. The summed E-state index contributed by atoms with van der Waals surface area (Å²) in [5, 5.41) is 0.225. The molecule has 1 atom stereocenters. The molecule has 25 heavy (non-hydrogen) atoms. The summed E-state index contributed by atoms with van der Waals surface area (Å²) in [5.74, 6) is 0.388. The highest BCUT2D eigenvalue weighted by atomic mass is 35.5. The lowest BCUT2D eigenvalue weighted by atomic mass is 10.0. The van der Waals surface area contributed by atoms with Crippen LogP contribution < -0.4 is 15.5 Å². The Balaban J connectivity index is 1.72. The van der Waals surface area contributed by atoms with Crippen molar-refractivity contribution in [1.29, 1.82) is 0 Å². The van der Waals surface area contributed by atoms with Crippen molar-refractivity contribution in [3.05, 3.63) is 46.9 Å². The van der Waals surface area contributed by atoms with Gasteiger partial charge in [-0.1, -0.05) is 18.2 Å². The van der Waals surface area contributed by atoms with Crippen molar-refractivity contribution in [2.75, 3.05) is 36.1 Å². The Morgan fingerprint density at radius 1 is 1.40 bits per heavy atom. The van der Waals surface area contributed by atoms with Crippen LogP contribution >= 0.6 is 11.6 Å². The number of aromatic nitrogens is 2. The van der Waals surface area contributed by atoms with Crippen LogP contribution in [-0.2, 0) is 11.3 Å². The van der Waals surface area contributed by atoms with Crippen LogP contribution in [0.5, 0.6) is 0 Å². The van der Waals surface area contributed by atoms with E-state index in [9.17, 15) is 4.79 Å². The zero-order chi connectivity index (χ0) is 17.4. The first kappa shape index (κ1) is 16.1. The zero-order valence-corrected chi connectivity index (χ0v) is 14.3. The molecule has 3 heterocycles. The molecule has 1 unspecified atom stereocenters. The van der Waals surface area contributed by atoms with Gasteiger partial charge in [0, 0.05) is 25.2 Å². The Bertz CT molecular complexity index is 815. The number of carbonyl (C=O) groups excluding carboxylic acids is 1. The number of anilines is 2. The van der Waals surface area contributed by atoms with E-state index >= 15 is 0 Å². The van der Waals surface area contributed by atoms with Gasteiger partial charge in [-0.3, -0.25) is 4.79 Å². The molecule has 0 bridgehead atoms. The third kappa shape index (κ3) is 3.01. The molecule has 1 saturated heterocycles. The number of benzene rings is 1. The van der Waals surface area contributed by atoms with Crippen molar-refractivity contribution < 1.29 is 9.53 Å². The number of ether oxygens (including phenoxy) is 1. The van der Waals surface area contributed by atoms with Crippen molar-refractivity contribution in [2.45, 2.75) is 12.6 Å². The van der Waals surface area contributed by atoms with E-state index in [0.717, 1.165) is 30.2 Å². The van der Waals surface area contributed by atoms with Gasteiger partial charge in [-0.15, -0.1) is 0 Å². The van der Waals surface area contributed by atoms with Gasteiger partial charge in [0.15, 0.2) is 5.82 Å². The second-order valence-corrected chi connectivity index (χ2v) is 6.51. The molecule has 130 valence electrons. The molecule has 2 aliphatic heterocycles. The highest BCUT2D eigenvalue weighted by Crippen LogP contribution is 2.36. The summed E-state index contributed by atoms with van der Waals surface area (Å²) in [5.41, 5.74) is 7.82. The molecule has 0 spiro atoms. The number of amides is 1. The van der Waals surface area contributed by atoms with Gasteiger partial charge < -0.3 is 20.3 Å². The van der Waals surface area contributed by atoms with E-state index in [1.807, 2.05) is 18.2 Å². The molecule has 2 N–H and O–H groups in total. The molecular formula is C17H18ClN5O2. The van der Waals surface area contributed by atoms with Gasteiger partial charge in [-0.25, -0.2) is 4.98 Å². The summed E-state index contributed by atoms with van der Waals surface area (Å²) in [6, 6.07) is 7.57. The standard InChI is InChI=1S/C17H18ClN5O2/c18-17-20-7-14-16(21-17)23-5-6-25-10-12(23)9-22(14)8-11-3-1-2-4-13(11)15(19)24/h1-4,7,12H,5-6,8-10H2,(H2,19,24). The number of primary amides is 1. The van der Waals surface area contributed by atoms with E-state index < -0.39 is 5.91 Å². The van der Waals surface area contributed by atoms with Crippen molar-refractivity contribution in [1.82, 2.24) is 9.97 Å². The largest absolute Gasteiger partial charge is 0.377 e. The minimum absolute atomic E-state index is 0.188. The van der Waals surface area contributed by atoms with Crippen LogP contribution in [0.15, 0.2) is 30.5 Å². The first-order valence-electron chi connectivity index (χ1n) is 8.13. The van der Waals surface area contributed by atoms with E-state index in [0.29, 0.717) is 25.3 Å². The summed E-state index contributed by atoms with van der Waals surface area (Å²) >= 11 is 6.02. The van der Waals surface area contributed by atoms with Gasteiger partial charge in [0.25, 0.3) is 0 Å². The topological polar surface area (TPSA) is 84.6 Å². The fourth-order valence-electron chi connectivity index (χ4n) is 3.47. The Hall–Kier alpha value is -2.38. The molecule has 0 radical (unpaired) electrons. The van der Waals surface area contributed by atoms with E-state index in [-0.39, 0.29) is 11.3 Å². The van der Waals surface area contributed by atoms with Gasteiger partial charge in [0.1, 0.15) is 0 Å². The quantitative estimate of drug-likeness (QED) is 0.835. The first-order chi connectivity index (χ1) is 12.1. The molecule has 1 fully saturated rings. The Morgan fingerprint density at radius 3 is 3.08 bits per heavy atom. The number of carbonyl (C=O) groups is 1. The molecule has 8 heteroatoms. The Labute approximate surface area is 150 Å². The number of hydrogen-bond acceptors (Lipinski definition) is 6. The maximum Gasteiger partial charge on any atom is 0.249 e. The molecule has 2 aromatic rings. The number of nitrogens with zero attached hydrogens (tertiary/aromatic N) is 4. The normalized spacial score (nSPS) is 19.3. The molecule has 7 nitrogen and oxygen atoms in total. The summed E-state index contributed by atoms with van der Waals surface area (Å²) in [6.07, 6.45) is 1.74. The smallest absolute Gasteiger partial charge is 0.249 e. The zero-order valence-electron chi connectivity index (χ0n) is 13.6. The average Bonchev–Trinajstić information content (AvgIpc) is 2.62. The first-order valence-corrected chi connectivity index (χ1v) is 8.51. The number of hydrogen-bond donors (Lipinski definition) is 1. The van der Waals surface area contributed by atoms with Crippen LogP contribution in [0.1, 0.15) is 15.9 Å². The Morgan fingerprint density at radius 2 is 2.24 bits per heavy atom. The van der Waals surface area contributed by atoms with Gasteiger partial charge >= 0.3 is 0 Å². The van der Waals surface area contributed by atoms with Crippen LogP contribution in [0.2, 0.25) is 5.28 Å². The number of morpholine rings is 1. The summed E-state index contributed by atoms with van der Waals surface area (Å²) in [7, 11) is 0. The van der Waals surface area contributed by atoms with Crippen molar-refractivity contribution in [3.8, 4) is 0 Å². The predicted molar refractivity (Wildman–Crippen MR) is 95.0 cm³/mol. The number of fused-ring (bicyclic) bond motifs is 3. The predicted octanol–water partition coefficient (Wildman–Crippen LogP) is 1.45. The maximum absolute atomic E-state index is 11.7. The van der Waals surface area contributed by atoms with Crippen LogP contribution in [0.4, 0.5) is 11.5 Å². The molecule has 4 rings (SSSR count). The van der Waals surface area contributed by atoms with Crippen LogP contribution in [0, 0.1) is 0 Å². The average molecular weight is 360 g/mol. The lowest BCUT2D eigenvalue weighted by Crippen LogP contribution is -2.55. The summed E-state index contributed by atoms with van der Waals surface area (Å²) in [6.45, 7) is 3.38. The van der Waals surface area contributed by atoms with Gasteiger partial charge in [0.05, 0.1) is 31.1 Å². The Kier molecular flexibility index (Phi) is 4.19. The molecule has 2 aliphatic rings. The van der Waals surface area contributed by atoms with Gasteiger partial charge in [0.2, 0.25) is 11.2 Å². The third-order valence-electron chi connectivity index (χ3n) is 4.64. The number of nitrogens with two attached hydrogens (primary N) is 1. The third-order valence-corrected chi connectivity index (χ3v) is 4.82. The molecule has 0 saturated carbocycles. The van der Waals surface area contributed by atoms with Crippen LogP contribution in [0.25, 0.3) is 0 Å². The number of rotatable bonds is 3. The van der Waals surface area contributed by atoms with Crippen LogP contribution in [0.3, 0.4) is 0 Å². The second kappa shape index (κ2) is 6.50. The second-order valence-electron chi connectivity index (χ2n) is 6.17. The number of halogens is 1.